The van der Waals surface area contributed by atoms with Gasteiger partial charge in [-0.1, -0.05) is 49.4 Å². The Bertz CT molecular complexity index is 1120. The summed E-state index contributed by atoms with van der Waals surface area (Å²) in [5, 5.41) is 0. The molecule has 0 fully saturated rings. The SMILES string of the molecule is CCOc1ccc(-c2ccc(-c3ccc(C4=CCC(C)CC4)cc3F)cc2)c(F)c1F. The second-order valence-corrected chi connectivity index (χ2v) is 8.05. The van der Waals surface area contributed by atoms with Crippen molar-refractivity contribution in [1.29, 1.82) is 0 Å². The van der Waals surface area contributed by atoms with Crippen molar-refractivity contribution in [3.05, 3.63) is 83.7 Å². The van der Waals surface area contributed by atoms with Crippen molar-refractivity contribution in [2.24, 2.45) is 5.92 Å². The Labute approximate surface area is 181 Å². The number of hydrogen-bond donors (Lipinski definition) is 0. The van der Waals surface area contributed by atoms with Gasteiger partial charge >= 0.3 is 0 Å². The van der Waals surface area contributed by atoms with Gasteiger partial charge in [-0.3, -0.25) is 0 Å². The van der Waals surface area contributed by atoms with Gasteiger partial charge in [-0.05, 0) is 72.6 Å². The van der Waals surface area contributed by atoms with Gasteiger partial charge in [0, 0.05) is 11.1 Å². The van der Waals surface area contributed by atoms with Gasteiger partial charge in [0.05, 0.1) is 6.61 Å². The summed E-state index contributed by atoms with van der Waals surface area (Å²) in [4.78, 5) is 0. The maximum atomic E-state index is 14.9. The summed E-state index contributed by atoms with van der Waals surface area (Å²) >= 11 is 0. The predicted molar refractivity (Wildman–Crippen MR) is 119 cm³/mol. The highest BCUT2D eigenvalue weighted by Gasteiger charge is 2.17. The number of ether oxygens (including phenoxy) is 1. The lowest BCUT2D eigenvalue weighted by Crippen LogP contribution is -2.01. The first kappa shape index (κ1) is 21.2. The number of hydrogen-bond acceptors (Lipinski definition) is 1. The Balaban J connectivity index is 1.60. The van der Waals surface area contributed by atoms with Gasteiger partial charge < -0.3 is 4.74 Å². The molecule has 0 radical (unpaired) electrons. The molecule has 0 N–H and O–H groups in total. The number of halogens is 3. The maximum Gasteiger partial charge on any atom is 0.201 e. The van der Waals surface area contributed by atoms with Crippen molar-refractivity contribution in [2.45, 2.75) is 33.1 Å². The molecule has 0 aliphatic heterocycles. The molecule has 4 rings (SSSR count). The van der Waals surface area contributed by atoms with Crippen molar-refractivity contribution >= 4 is 5.57 Å². The Hall–Kier alpha value is -3.01. The Morgan fingerprint density at radius 1 is 0.839 bits per heavy atom. The van der Waals surface area contributed by atoms with Gasteiger partial charge in [-0.2, -0.15) is 4.39 Å². The van der Waals surface area contributed by atoms with Crippen LogP contribution in [0.15, 0.2) is 60.7 Å². The molecule has 0 spiro atoms. The molecule has 160 valence electrons. The summed E-state index contributed by atoms with van der Waals surface area (Å²) in [5.41, 5.74) is 3.95. The largest absolute Gasteiger partial charge is 0.491 e. The minimum absolute atomic E-state index is 0.106. The number of benzene rings is 3. The molecule has 1 nitrogen and oxygen atoms in total. The minimum atomic E-state index is -1.00. The normalized spacial score (nSPS) is 16.2. The van der Waals surface area contributed by atoms with Gasteiger partial charge in [0.2, 0.25) is 5.82 Å². The van der Waals surface area contributed by atoms with E-state index in [1.165, 1.54) is 17.7 Å². The highest BCUT2D eigenvalue weighted by atomic mass is 19.2. The molecule has 1 aliphatic carbocycles. The highest BCUT2D eigenvalue weighted by Crippen LogP contribution is 2.34. The lowest BCUT2D eigenvalue weighted by molar-refractivity contribution is 0.314. The van der Waals surface area contributed by atoms with Crippen LogP contribution in [0.1, 0.15) is 38.7 Å². The van der Waals surface area contributed by atoms with E-state index in [0.717, 1.165) is 24.8 Å². The van der Waals surface area contributed by atoms with Gasteiger partial charge in [0.25, 0.3) is 0 Å². The molecule has 4 heteroatoms. The summed E-state index contributed by atoms with van der Waals surface area (Å²) in [6.07, 6.45) is 5.34. The van der Waals surface area contributed by atoms with Crippen LogP contribution in [0.5, 0.6) is 5.75 Å². The Morgan fingerprint density at radius 3 is 2.10 bits per heavy atom. The molecule has 31 heavy (non-hydrogen) atoms. The first-order valence-corrected chi connectivity index (χ1v) is 10.7. The van der Waals surface area contributed by atoms with Crippen LogP contribution < -0.4 is 4.74 Å². The zero-order valence-corrected chi connectivity index (χ0v) is 17.7. The summed E-state index contributed by atoms with van der Waals surface area (Å²) in [6.45, 7) is 4.20. The fourth-order valence-corrected chi connectivity index (χ4v) is 4.03. The van der Waals surface area contributed by atoms with Crippen LogP contribution in [0.3, 0.4) is 0 Å². The zero-order valence-electron chi connectivity index (χ0n) is 17.7. The molecule has 1 aliphatic rings. The number of allylic oxidation sites excluding steroid dienone is 2. The zero-order chi connectivity index (χ0) is 22.0. The Morgan fingerprint density at radius 2 is 1.48 bits per heavy atom. The molecule has 0 bridgehead atoms. The topological polar surface area (TPSA) is 9.23 Å². The molecule has 1 atom stereocenters. The summed E-state index contributed by atoms with van der Waals surface area (Å²) < 4.78 is 48.6. The number of rotatable bonds is 5. The van der Waals surface area contributed by atoms with Gasteiger partial charge in [-0.15, -0.1) is 0 Å². The molecule has 0 saturated carbocycles. The van der Waals surface area contributed by atoms with Crippen LogP contribution in [-0.4, -0.2) is 6.61 Å². The van der Waals surface area contributed by atoms with E-state index < -0.39 is 11.6 Å². The summed E-state index contributed by atoms with van der Waals surface area (Å²) in [7, 11) is 0. The van der Waals surface area contributed by atoms with Crippen molar-refractivity contribution < 1.29 is 17.9 Å². The monoisotopic (exact) mass is 422 g/mol. The van der Waals surface area contributed by atoms with E-state index >= 15 is 0 Å². The van der Waals surface area contributed by atoms with Crippen molar-refractivity contribution in [1.82, 2.24) is 0 Å². The average Bonchev–Trinajstić information content (AvgIpc) is 2.78. The molecule has 0 saturated heterocycles. The molecular formula is C27H25F3O. The first-order valence-electron chi connectivity index (χ1n) is 10.7. The average molecular weight is 422 g/mol. The van der Waals surface area contributed by atoms with Gasteiger partial charge in [0.15, 0.2) is 11.6 Å². The smallest absolute Gasteiger partial charge is 0.201 e. The van der Waals surface area contributed by atoms with Gasteiger partial charge in [-0.25, -0.2) is 8.78 Å². The third kappa shape index (κ3) is 4.39. The molecule has 0 aromatic heterocycles. The molecule has 3 aromatic carbocycles. The first-order chi connectivity index (χ1) is 15.0. The van der Waals surface area contributed by atoms with Crippen LogP contribution >= 0.6 is 0 Å². The van der Waals surface area contributed by atoms with Crippen molar-refractivity contribution in [3.63, 3.8) is 0 Å². The molecular weight excluding hydrogens is 397 g/mol. The van der Waals surface area contributed by atoms with E-state index in [-0.39, 0.29) is 23.7 Å². The Kier molecular flexibility index (Phi) is 6.17. The van der Waals surface area contributed by atoms with E-state index in [4.69, 9.17) is 4.74 Å². The predicted octanol–water partition coefficient (Wildman–Crippen LogP) is 8.04. The van der Waals surface area contributed by atoms with E-state index in [1.807, 2.05) is 6.07 Å². The van der Waals surface area contributed by atoms with Crippen LogP contribution in [0.25, 0.3) is 27.8 Å². The van der Waals surface area contributed by atoms with Crippen LogP contribution in [-0.2, 0) is 0 Å². The molecule has 0 amide bonds. The summed E-state index contributed by atoms with van der Waals surface area (Å²) in [6, 6.07) is 15.0. The van der Waals surface area contributed by atoms with Gasteiger partial charge in [0.1, 0.15) is 5.82 Å². The second-order valence-electron chi connectivity index (χ2n) is 8.05. The lowest BCUT2D eigenvalue weighted by atomic mass is 9.87. The van der Waals surface area contributed by atoms with Crippen LogP contribution in [0.2, 0.25) is 0 Å². The van der Waals surface area contributed by atoms with Crippen LogP contribution in [0, 0.1) is 23.4 Å². The lowest BCUT2D eigenvalue weighted by Gasteiger charge is -2.19. The van der Waals surface area contributed by atoms with E-state index in [0.29, 0.717) is 22.6 Å². The molecule has 0 heterocycles. The standard InChI is InChI=1S/C27H25F3O/c1-3-31-25-15-14-23(26(29)27(25)30)20-10-8-19(9-11-20)22-13-12-21(16-24(22)28)18-6-4-17(2)5-7-18/h6,8-17H,3-5,7H2,1-2H3. The summed E-state index contributed by atoms with van der Waals surface area (Å²) in [5.74, 6) is -1.67. The second kappa shape index (κ2) is 9.01. The third-order valence-electron chi connectivity index (χ3n) is 5.87. The van der Waals surface area contributed by atoms with E-state index in [2.05, 4.69) is 13.0 Å². The fourth-order valence-electron chi connectivity index (χ4n) is 4.03. The quantitative estimate of drug-likeness (QED) is 0.404. The fraction of sp³-hybridized carbons (Fsp3) is 0.259. The molecule has 3 aromatic rings. The molecule has 1 unspecified atom stereocenters. The maximum absolute atomic E-state index is 14.9. The van der Waals surface area contributed by atoms with Crippen molar-refractivity contribution in [3.8, 4) is 28.0 Å². The van der Waals surface area contributed by atoms with Crippen LogP contribution in [0.4, 0.5) is 13.2 Å². The third-order valence-corrected chi connectivity index (χ3v) is 5.87. The van der Waals surface area contributed by atoms with Crippen molar-refractivity contribution in [2.75, 3.05) is 6.61 Å². The van der Waals surface area contributed by atoms with E-state index in [1.54, 1.807) is 43.3 Å². The minimum Gasteiger partial charge on any atom is -0.491 e. The highest BCUT2D eigenvalue weighted by molar-refractivity contribution is 5.74. The van der Waals surface area contributed by atoms with E-state index in [9.17, 15) is 13.2 Å².